The van der Waals surface area contributed by atoms with E-state index in [0.717, 1.165) is 86.6 Å². The van der Waals surface area contributed by atoms with Gasteiger partial charge < -0.3 is 24.8 Å². The highest BCUT2D eigenvalue weighted by atomic mass is 16.5. The van der Waals surface area contributed by atoms with Gasteiger partial charge in [-0.2, -0.15) is 0 Å². The van der Waals surface area contributed by atoms with Crippen LogP contribution in [-0.4, -0.2) is 70.0 Å². The lowest BCUT2D eigenvalue weighted by atomic mass is 9.85. The van der Waals surface area contributed by atoms with E-state index in [2.05, 4.69) is 37.1 Å². The molecule has 3 heterocycles. The van der Waals surface area contributed by atoms with Crippen molar-refractivity contribution >= 4 is 28.4 Å². The number of hydrogen-bond acceptors (Lipinski definition) is 6. The van der Waals surface area contributed by atoms with Gasteiger partial charge in [-0.1, -0.05) is 12.1 Å². The van der Waals surface area contributed by atoms with E-state index in [4.69, 9.17) is 4.74 Å². The Labute approximate surface area is 206 Å². The fourth-order valence-electron chi connectivity index (χ4n) is 5.82. The van der Waals surface area contributed by atoms with Crippen molar-refractivity contribution in [3.05, 3.63) is 41.9 Å². The Hall–Kier alpha value is -3.13. The number of amides is 1. The number of ether oxygens (including phenoxy) is 1. The van der Waals surface area contributed by atoms with Crippen molar-refractivity contribution in [3.63, 3.8) is 0 Å². The summed E-state index contributed by atoms with van der Waals surface area (Å²) in [6, 6.07) is 8.09. The molecular weight excluding hydrogens is 440 g/mol. The molecule has 2 N–H and O–H groups in total. The molecule has 2 fully saturated rings. The van der Waals surface area contributed by atoms with Gasteiger partial charge in [0.15, 0.2) is 0 Å². The summed E-state index contributed by atoms with van der Waals surface area (Å²) in [5.74, 6) is 1.93. The van der Waals surface area contributed by atoms with Crippen molar-refractivity contribution in [1.29, 1.82) is 0 Å². The van der Waals surface area contributed by atoms with Crippen LogP contribution >= 0.6 is 0 Å². The van der Waals surface area contributed by atoms with Crippen LogP contribution in [0, 0.1) is 5.92 Å². The summed E-state index contributed by atoms with van der Waals surface area (Å²) in [6.45, 7) is 3.53. The molecule has 2 aliphatic carbocycles. The highest BCUT2D eigenvalue weighted by molar-refractivity contribution is 5.94. The Balaban J connectivity index is 1.27. The lowest BCUT2D eigenvalue weighted by Crippen LogP contribution is -2.49. The maximum atomic E-state index is 13.3. The molecule has 1 unspecified atom stereocenters. The van der Waals surface area contributed by atoms with Crippen LogP contribution in [0.5, 0.6) is 5.75 Å². The second kappa shape index (κ2) is 9.49. The first-order valence-electron chi connectivity index (χ1n) is 13.0. The molecule has 184 valence electrons. The Morgan fingerprint density at radius 1 is 1.09 bits per heavy atom. The highest BCUT2D eigenvalue weighted by Gasteiger charge is 2.32. The maximum Gasteiger partial charge on any atom is 0.226 e. The number of fused-ring (bicyclic) bond motifs is 3. The number of aryl methyl sites for hydroxylation is 1. The SMILES string of the molecule is CN1CCN(C(=O)C2CCc3[nH]c4ncnc(Nc5ccccc5OC5CCCC5)c4c3C2)CC1. The zero-order valence-corrected chi connectivity index (χ0v) is 20.4. The normalized spacial score (nSPS) is 21.3. The number of para-hydroxylation sites is 2. The predicted molar refractivity (Wildman–Crippen MR) is 136 cm³/mol. The molecule has 0 spiro atoms. The molecule has 0 bridgehead atoms. The minimum absolute atomic E-state index is 0.0101. The monoisotopic (exact) mass is 474 g/mol. The van der Waals surface area contributed by atoms with Gasteiger partial charge in [0.05, 0.1) is 17.2 Å². The summed E-state index contributed by atoms with van der Waals surface area (Å²) in [7, 11) is 2.12. The van der Waals surface area contributed by atoms with Gasteiger partial charge in [0.25, 0.3) is 0 Å². The van der Waals surface area contributed by atoms with Crippen LogP contribution in [0.15, 0.2) is 30.6 Å². The molecule has 1 saturated carbocycles. The molecule has 3 aliphatic rings. The number of anilines is 2. The number of H-pyrrole nitrogens is 1. The van der Waals surface area contributed by atoms with Crippen LogP contribution < -0.4 is 10.1 Å². The summed E-state index contributed by atoms with van der Waals surface area (Å²) in [6.07, 6.45) is 9.02. The Morgan fingerprint density at radius 2 is 1.89 bits per heavy atom. The summed E-state index contributed by atoms with van der Waals surface area (Å²) in [4.78, 5) is 30.3. The standard InChI is InChI=1S/C27H34N6O2/c1-32-12-14-33(15-13-32)27(34)18-10-11-21-20(16-18)24-25(30-21)28-17-29-26(24)31-22-8-4-5-9-23(22)35-19-6-2-3-7-19/h4-5,8-9,17-19H,2-3,6-7,10-16H2,1H3,(H2,28,29,30,31). The van der Waals surface area contributed by atoms with E-state index >= 15 is 0 Å². The van der Waals surface area contributed by atoms with Crippen LogP contribution in [0.2, 0.25) is 0 Å². The molecule has 1 aliphatic heterocycles. The number of aromatic amines is 1. The number of hydrogen-bond donors (Lipinski definition) is 2. The van der Waals surface area contributed by atoms with Crippen molar-refractivity contribution in [1.82, 2.24) is 24.8 Å². The molecule has 8 heteroatoms. The molecule has 8 nitrogen and oxygen atoms in total. The van der Waals surface area contributed by atoms with Gasteiger partial charge in [-0.15, -0.1) is 0 Å². The van der Waals surface area contributed by atoms with E-state index in [0.29, 0.717) is 5.91 Å². The number of piperazine rings is 1. The van der Waals surface area contributed by atoms with Crippen LogP contribution in [-0.2, 0) is 17.6 Å². The van der Waals surface area contributed by atoms with Crippen LogP contribution in [0.3, 0.4) is 0 Å². The predicted octanol–water partition coefficient (Wildman–Crippen LogP) is 3.90. The number of rotatable bonds is 5. The summed E-state index contributed by atoms with van der Waals surface area (Å²) >= 11 is 0. The topological polar surface area (TPSA) is 86.4 Å². The first-order chi connectivity index (χ1) is 17.2. The van der Waals surface area contributed by atoms with E-state index in [1.165, 1.54) is 24.1 Å². The van der Waals surface area contributed by atoms with E-state index in [9.17, 15) is 4.79 Å². The molecule has 0 radical (unpaired) electrons. The number of carbonyl (C=O) groups is 1. The van der Waals surface area contributed by atoms with Crippen LogP contribution in [0.4, 0.5) is 11.5 Å². The number of benzene rings is 1. The van der Waals surface area contributed by atoms with Gasteiger partial charge in [-0.25, -0.2) is 9.97 Å². The molecule has 1 amide bonds. The number of carbonyl (C=O) groups excluding carboxylic acids is 1. The average Bonchev–Trinajstić information content (AvgIpc) is 3.53. The van der Waals surface area contributed by atoms with Gasteiger partial charge in [-0.05, 0) is 69.7 Å². The Kier molecular flexibility index (Phi) is 6.06. The molecule has 3 aromatic rings. The lowest BCUT2D eigenvalue weighted by molar-refractivity contribution is -0.137. The highest BCUT2D eigenvalue weighted by Crippen LogP contribution is 2.37. The zero-order chi connectivity index (χ0) is 23.8. The first-order valence-corrected chi connectivity index (χ1v) is 13.0. The van der Waals surface area contributed by atoms with Gasteiger partial charge in [-0.3, -0.25) is 4.79 Å². The quantitative estimate of drug-likeness (QED) is 0.583. The zero-order valence-electron chi connectivity index (χ0n) is 20.4. The van der Waals surface area contributed by atoms with Crippen LogP contribution in [0.25, 0.3) is 11.0 Å². The van der Waals surface area contributed by atoms with E-state index in [1.807, 2.05) is 24.3 Å². The molecule has 1 atom stereocenters. The second-order valence-corrected chi connectivity index (χ2v) is 10.2. The number of nitrogens with zero attached hydrogens (tertiary/aromatic N) is 4. The summed E-state index contributed by atoms with van der Waals surface area (Å²) < 4.78 is 6.34. The Bertz CT molecular complexity index is 1210. The van der Waals surface area contributed by atoms with Gasteiger partial charge >= 0.3 is 0 Å². The van der Waals surface area contributed by atoms with Crippen molar-refractivity contribution in [2.24, 2.45) is 5.92 Å². The van der Waals surface area contributed by atoms with Crippen molar-refractivity contribution in [2.45, 2.75) is 51.0 Å². The smallest absolute Gasteiger partial charge is 0.226 e. The van der Waals surface area contributed by atoms with Crippen LogP contribution in [0.1, 0.15) is 43.4 Å². The lowest BCUT2D eigenvalue weighted by Gasteiger charge is -2.35. The largest absolute Gasteiger partial charge is 0.488 e. The average molecular weight is 475 g/mol. The first kappa shape index (κ1) is 22.3. The maximum absolute atomic E-state index is 13.3. The number of likely N-dealkylation sites (N-methyl/N-ethyl adjacent to an activating group) is 1. The van der Waals surface area contributed by atoms with Crippen molar-refractivity contribution in [3.8, 4) is 5.75 Å². The molecule has 2 aromatic heterocycles. The van der Waals surface area contributed by atoms with E-state index in [-0.39, 0.29) is 12.0 Å². The van der Waals surface area contributed by atoms with Gasteiger partial charge in [0.2, 0.25) is 5.91 Å². The van der Waals surface area contributed by atoms with Crippen molar-refractivity contribution < 1.29 is 9.53 Å². The second-order valence-electron chi connectivity index (χ2n) is 10.2. The fourth-order valence-corrected chi connectivity index (χ4v) is 5.82. The number of aromatic nitrogens is 3. The van der Waals surface area contributed by atoms with Gasteiger partial charge in [0.1, 0.15) is 23.5 Å². The fraction of sp³-hybridized carbons (Fsp3) is 0.519. The summed E-state index contributed by atoms with van der Waals surface area (Å²) in [5, 5.41) is 4.54. The van der Waals surface area contributed by atoms with E-state index < -0.39 is 0 Å². The Morgan fingerprint density at radius 3 is 2.71 bits per heavy atom. The van der Waals surface area contributed by atoms with Gasteiger partial charge in [0, 0.05) is 37.8 Å². The van der Waals surface area contributed by atoms with E-state index in [1.54, 1.807) is 6.33 Å². The molecule has 1 saturated heterocycles. The molecule has 6 rings (SSSR count). The third kappa shape index (κ3) is 4.47. The molecule has 35 heavy (non-hydrogen) atoms. The summed E-state index contributed by atoms with van der Waals surface area (Å²) in [5.41, 5.74) is 4.10. The van der Waals surface area contributed by atoms with Crippen molar-refractivity contribution in [2.75, 3.05) is 38.5 Å². The molecular formula is C27H34N6O2. The minimum atomic E-state index is 0.0101. The number of nitrogens with one attached hydrogen (secondary N) is 2. The minimum Gasteiger partial charge on any atom is -0.488 e. The molecule has 1 aromatic carbocycles. The third-order valence-electron chi connectivity index (χ3n) is 7.88. The third-order valence-corrected chi connectivity index (χ3v) is 7.88.